The van der Waals surface area contributed by atoms with Crippen LogP contribution in [0.5, 0.6) is 0 Å². The number of primary amides is 1. The van der Waals surface area contributed by atoms with Crippen LogP contribution in [0.15, 0.2) is 55.0 Å². The van der Waals surface area contributed by atoms with Gasteiger partial charge in [0.25, 0.3) is 0 Å². The molecule has 0 unspecified atom stereocenters. The molecule has 8 nitrogen and oxygen atoms in total. The lowest BCUT2D eigenvalue weighted by atomic mass is 9.87. The van der Waals surface area contributed by atoms with Crippen molar-refractivity contribution in [3.05, 3.63) is 65.6 Å². The summed E-state index contributed by atoms with van der Waals surface area (Å²) < 4.78 is 2.16. The fourth-order valence-corrected chi connectivity index (χ4v) is 4.66. The van der Waals surface area contributed by atoms with Crippen LogP contribution in [0.3, 0.4) is 0 Å². The number of carbonyl (C=O) groups is 1. The molecule has 0 aliphatic carbocycles. The molecule has 0 radical (unpaired) electrons. The smallest absolute Gasteiger partial charge is 0.314 e. The van der Waals surface area contributed by atoms with Crippen molar-refractivity contribution >= 4 is 28.5 Å². The van der Waals surface area contributed by atoms with Crippen molar-refractivity contribution < 1.29 is 4.79 Å². The van der Waals surface area contributed by atoms with E-state index in [1.54, 1.807) is 11.1 Å². The van der Waals surface area contributed by atoms with Gasteiger partial charge in [0.05, 0.1) is 17.4 Å². The third-order valence-electron chi connectivity index (χ3n) is 5.96. The Morgan fingerprint density at radius 2 is 1.84 bits per heavy atom. The van der Waals surface area contributed by atoms with Crippen molar-refractivity contribution in [2.45, 2.75) is 18.8 Å². The number of rotatable bonds is 3. The van der Waals surface area contributed by atoms with Crippen LogP contribution >= 0.6 is 11.6 Å². The van der Waals surface area contributed by atoms with Crippen molar-refractivity contribution in [2.75, 3.05) is 18.9 Å². The molecule has 4 heterocycles. The van der Waals surface area contributed by atoms with E-state index in [1.165, 1.54) is 10.4 Å². The van der Waals surface area contributed by atoms with Crippen molar-refractivity contribution in [2.24, 2.45) is 5.73 Å². The SMILES string of the molecule is NC(=O)N1CCC(c2c(-c3ccn(N)n3)n(-c3ccc(Cl)cc3)c3cnccc23)CC1. The minimum absolute atomic E-state index is 0.243. The van der Waals surface area contributed by atoms with E-state index in [0.717, 1.165) is 40.8 Å². The van der Waals surface area contributed by atoms with Crippen molar-refractivity contribution in [3.8, 4) is 17.1 Å². The van der Waals surface area contributed by atoms with Gasteiger partial charge in [0.15, 0.2) is 0 Å². The van der Waals surface area contributed by atoms with Crippen LogP contribution in [0.2, 0.25) is 5.02 Å². The Balaban J connectivity index is 1.75. The predicted octanol–water partition coefficient (Wildman–Crippen LogP) is 3.51. The number of halogens is 1. The maximum absolute atomic E-state index is 11.6. The number of nitrogen functional groups attached to an aromatic ring is 1. The summed E-state index contributed by atoms with van der Waals surface area (Å²) >= 11 is 6.15. The second-order valence-electron chi connectivity index (χ2n) is 7.75. The first-order valence-electron chi connectivity index (χ1n) is 10.1. The van der Waals surface area contributed by atoms with Gasteiger partial charge in [-0.05, 0) is 60.7 Å². The number of piperidine rings is 1. The molecule has 31 heavy (non-hydrogen) atoms. The topological polar surface area (TPSA) is 108 Å². The molecule has 0 saturated carbocycles. The van der Waals surface area contributed by atoms with Gasteiger partial charge in [-0.15, -0.1) is 0 Å². The van der Waals surface area contributed by atoms with Crippen molar-refractivity contribution in [3.63, 3.8) is 0 Å². The van der Waals surface area contributed by atoms with E-state index in [4.69, 9.17) is 23.2 Å². The number of nitrogens with two attached hydrogens (primary N) is 2. The van der Waals surface area contributed by atoms with E-state index >= 15 is 0 Å². The molecule has 5 rings (SSSR count). The third-order valence-corrected chi connectivity index (χ3v) is 6.21. The monoisotopic (exact) mass is 435 g/mol. The Morgan fingerprint density at radius 3 is 2.48 bits per heavy atom. The second-order valence-corrected chi connectivity index (χ2v) is 8.18. The largest absolute Gasteiger partial charge is 0.351 e. The zero-order valence-corrected chi connectivity index (χ0v) is 17.5. The minimum Gasteiger partial charge on any atom is -0.351 e. The second kappa shape index (κ2) is 7.63. The molecule has 4 N–H and O–H groups in total. The molecule has 0 atom stereocenters. The van der Waals surface area contributed by atoms with Gasteiger partial charge in [-0.1, -0.05) is 11.6 Å². The van der Waals surface area contributed by atoms with Gasteiger partial charge >= 0.3 is 6.03 Å². The summed E-state index contributed by atoms with van der Waals surface area (Å²) in [5.74, 6) is 6.15. The molecular formula is C22H22ClN7O. The molecule has 0 spiro atoms. The van der Waals surface area contributed by atoms with Crippen molar-refractivity contribution in [1.82, 2.24) is 24.3 Å². The van der Waals surface area contributed by atoms with Crippen LogP contribution in [-0.4, -0.2) is 43.5 Å². The molecule has 3 aromatic heterocycles. The van der Waals surface area contributed by atoms with Gasteiger partial charge in [-0.3, -0.25) is 4.98 Å². The number of aromatic nitrogens is 4. The normalized spacial score (nSPS) is 14.9. The van der Waals surface area contributed by atoms with E-state index in [2.05, 4.69) is 14.6 Å². The van der Waals surface area contributed by atoms with E-state index in [-0.39, 0.29) is 11.9 Å². The van der Waals surface area contributed by atoms with Gasteiger partial charge in [-0.25, -0.2) is 4.79 Å². The molecule has 158 valence electrons. The number of hydrogen-bond donors (Lipinski definition) is 2. The lowest BCUT2D eigenvalue weighted by Crippen LogP contribution is -2.41. The van der Waals surface area contributed by atoms with E-state index in [0.29, 0.717) is 18.1 Å². The number of pyridine rings is 1. The lowest BCUT2D eigenvalue weighted by molar-refractivity contribution is 0.191. The minimum atomic E-state index is -0.367. The lowest BCUT2D eigenvalue weighted by Gasteiger charge is -2.31. The highest BCUT2D eigenvalue weighted by Crippen LogP contribution is 2.43. The van der Waals surface area contributed by atoms with Gasteiger partial charge in [-0.2, -0.15) is 9.89 Å². The first-order chi connectivity index (χ1) is 15.0. The van der Waals surface area contributed by atoms with Gasteiger partial charge in [0, 0.05) is 41.6 Å². The first-order valence-corrected chi connectivity index (χ1v) is 10.5. The summed E-state index contributed by atoms with van der Waals surface area (Å²) in [6.07, 6.45) is 7.05. The average Bonchev–Trinajstić information content (AvgIpc) is 3.35. The van der Waals surface area contributed by atoms with Gasteiger partial charge in [0.1, 0.15) is 5.69 Å². The zero-order valence-electron chi connectivity index (χ0n) is 16.8. The van der Waals surface area contributed by atoms with E-state index in [1.807, 2.05) is 48.8 Å². The van der Waals surface area contributed by atoms with Gasteiger partial charge < -0.3 is 21.0 Å². The summed E-state index contributed by atoms with van der Waals surface area (Å²) in [7, 11) is 0. The molecule has 0 bridgehead atoms. The third kappa shape index (κ3) is 3.38. The Labute approximate surface area is 184 Å². The quantitative estimate of drug-likeness (QED) is 0.480. The fourth-order valence-electron chi connectivity index (χ4n) is 4.54. The number of benzene rings is 1. The van der Waals surface area contributed by atoms with Crippen LogP contribution in [0.25, 0.3) is 28.0 Å². The molecule has 2 amide bonds. The molecule has 1 aliphatic rings. The number of nitrogens with zero attached hydrogens (tertiary/aromatic N) is 5. The molecule has 4 aromatic rings. The highest BCUT2D eigenvalue weighted by atomic mass is 35.5. The Kier molecular flexibility index (Phi) is 4.78. The standard InChI is InChI=1S/C22H22ClN7O/c23-15-1-3-16(4-2-15)30-19-13-26-9-5-17(19)20(21(30)18-8-12-29(25)27-18)14-6-10-28(11-7-14)22(24)31/h1-5,8-9,12-14H,6-7,10-11,25H2,(H2,24,31). The molecule has 1 fully saturated rings. The van der Waals surface area contributed by atoms with E-state index < -0.39 is 0 Å². The summed E-state index contributed by atoms with van der Waals surface area (Å²) in [5.41, 5.74) is 10.4. The van der Waals surface area contributed by atoms with Gasteiger partial charge in [0.2, 0.25) is 0 Å². The molecular weight excluding hydrogens is 414 g/mol. The summed E-state index contributed by atoms with van der Waals surface area (Å²) in [4.78, 5) is 19.0. The molecule has 1 saturated heterocycles. The van der Waals surface area contributed by atoms with Crippen LogP contribution < -0.4 is 11.6 Å². The Bertz CT molecular complexity index is 1250. The van der Waals surface area contributed by atoms with Crippen LogP contribution in [0.1, 0.15) is 24.3 Å². The van der Waals surface area contributed by atoms with Crippen LogP contribution in [-0.2, 0) is 0 Å². The number of fused-ring (bicyclic) bond motifs is 1. The maximum Gasteiger partial charge on any atom is 0.314 e. The van der Waals surface area contributed by atoms with Crippen LogP contribution in [0, 0.1) is 0 Å². The number of hydrogen-bond acceptors (Lipinski definition) is 4. The number of urea groups is 1. The predicted molar refractivity (Wildman–Crippen MR) is 121 cm³/mol. The fraction of sp³-hybridized carbons (Fsp3) is 0.227. The Hall–Kier alpha value is -3.52. The molecule has 1 aromatic carbocycles. The average molecular weight is 436 g/mol. The van der Waals surface area contributed by atoms with Crippen molar-refractivity contribution in [1.29, 1.82) is 0 Å². The van der Waals surface area contributed by atoms with E-state index in [9.17, 15) is 4.79 Å². The molecule has 9 heteroatoms. The summed E-state index contributed by atoms with van der Waals surface area (Å²) in [6.45, 7) is 1.26. The number of amides is 2. The Morgan fingerprint density at radius 1 is 1.10 bits per heavy atom. The maximum atomic E-state index is 11.6. The highest BCUT2D eigenvalue weighted by molar-refractivity contribution is 6.30. The number of carbonyl (C=O) groups excluding carboxylic acids is 1. The summed E-state index contributed by atoms with van der Waals surface area (Å²) in [6, 6.07) is 11.3. The molecule has 1 aliphatic heterocycles. The summed E-state index contributed by atoms with van der Waals surface area (Å²) in [5, 5.41) is 6.31. The number of likely N-dealkylation sites (tertiary alicyclic amines) is 1. The first kappa shape index (κ1) is 19.4. The van der Waals surface area contributed by atoms with Crippen LogP contribution in [0.4, 0.5) is 4.79 Å². The highest BCUT2D eigenvalue weighted by Gasteiger charge is 2.30. The zero-order chi connectivity index (χ0) is 21.5.